The summed E-state index contributed by atoms with van der Waals surface area (Å²) in [4.78, 5) is 20.4. The molecule has 5 nitrogen and oxygen atoms in total. The Hall–Kier alpha value is -1.10. The highest BCUT2D eigenvalue weighted by Gasteiger charge is 2.19. The van der Waals surface area contributed by atoms with Crippen molar-refractivity contribution in [2.45, 2.75) is 18.9 Å². The third-order valence-electron chi connectivity index (χ3n) is 1.60. The molecule has 0 saturated carbocycles. The third kappa shape index (κ3) is 2.50. The number of aliphatic carboxylic acids is 1. The van der Waals surface area contributed by atoms with E-state index < -0.39 is 11.9 Å². The maximum Gasteiger partial charge on any atom is 0.417 e. The molecule has 0 radical (unpaired) electrons. The first-order valence-corrected chi connectivity index (χ1v) is 3.72. The number of hydrogen-bond acceptors (Lipinski definition) is 4. The van der Waals surface area contributed by atoms with Gasteiger partial charge in [-0.2, -0.15) is 0 Å². The first-order chi connectivity index (χ1) is 5.70. The lowest BCUT2D eigenvalue weighted by atomic mass is 10.2. The Morgan fingerprint density at radius 2 is 2.33 bits per heavy atom. The van der Waals surface area contributed by atoms with E-state index in [4.69, 9.17) is 9.84 Å². The molecule has 0 spiro atoms. The molecule has 5 heteroatoms. The highest BCUT2D eigenvalue weighted by Crippen LogP contribution is 2.11. The van der Waals surface area contributed by atoms with Crippen LogP contribution in [0.3, 0.4) is 0 Å². The van der Waals surface area contributed by atoms with E-state index in [2.05, 4.69) is 4.74 Å². The van der Waals surface area contributed by atoms with Gasteiger partial charge in [0, 0.05) is 6.61 Å². The average Bonchev–Trinajstić information content (AvgIpc) is 2.51. The van der Waals surface area contributed by atoms with Gasteiger partial charge in [0.05, 0.1) is 6.10 Å². The Morgan fingerprint density at radius 3 is 2.83 bits per heavy atom. The zero-order valence-corrected chi connectivity index (χ0v) is 6.49. The molecule has 68 valence electrons. The lowest BCUT2D eigenvalue weighted by Crippen LogP contribution is -2.22. The molecule has 1 unspecified atom stereocenters. The van der Waals surface area contributed by atoms with Crippen LogP contribution >= 0.6 is 0 Å². The van der Waals surface area contributed by atoms with Gasteiger partial charge >= 0.3 is 11.9 Å². The summed E-state index contributed by atoms with van der Waals surface area (Å²) < 4.78 is 9.54. The third-order valence-corrected chi connectivity index (χ3v) is 1.60. The minimum Gasteiger partial charge on any atom is -0.473 e. The van der Waals surface area contributed by atoms with Crippen LogP contribution in [0.2, 0.25) is 0 Å². The molecule has 0 aromatic carbocycles. The molecule has 1 saturated heterocycles. The van der Waals surface area contributed by atoms with E-state index in [1.807, 2.05) is 0 Å². The average molecular weight is 174 g/mol. The molecule has 1 atom stereocenters. The van der Waals surface area contributed by atoms with Gasteiger partial charge in [0.15, 0.2) is 0 Å². The van der Waals surface area contributed by atoms with Crippen LogP contribution in [-0.2, 0) is 19.1 Å². The topological polar surface area (TPSA) is 72.8 Å². The molecule has 0 aromatic rings. The number of carboxylic acid groups (broad SMARTS) is 1. The second kappa shape index (κ2) is 4.06. The van der Waals surface area contributed by atoms with E-state index in [1.165, 1.54) is 0 Å². The zero-order chi connectivity index (χ0) is 8.97. The number of carbonyl (C=O) groups is 2. The van der Waals surface area contributed by atoms with Gasteiger partial charge in [-0.15, -0.1) is 0 Å². The van der Waals surface area contributed by atoms with Crippen LogP contribution in [-0.4, -0.2) is 36.4 Å². The Balaban J connectivity index is 2.16. The van der Waals surface area contributed by atoms with Crippen LogP contribution in [0.25, 0.3) is 0 Å². The quantitative estimate of drug-likeness (QED) is 0.463. The predicted molar refractivity (Wildman–Crippen MR) is 37.6 cm³/mol. The minimum atomic E-state index is -1.56. The molecule has 0 aliphatic carbocycles. The van der Waals surface area contributed by atoms with Gasteiger partial charge < -0.3 is 14.6 Å². The smallest absolute Gasteiger partial charge is 0.417 e. The van der Waals surface area contributed by atoms with Gasteiger partial charge in [-0.3, -0.25) is 0 Å². The minimum absolute atomic E-state index is 0.0468. The summed E-state index contributed by atoms with van der Waals surface area (Å²) in [5.41, 5.74) is 0. The number of hydrogen-bond donors (Lipinski definition) is 1. The van der Waals surface area contributed by atoms with Gasteiger partial charge in [-0.25, -0.2) is 9.59 Å². The summed E-state index contributed by atoms with van der Waals surface area (Å²) in [5, 5.41) is 8.14. The maximum absolute atomic E-state index is 10.4. The summed E-state index contributed by atoms with van der Waals surface area (Å²) in [5.74, 6) is -2.78. The zero-order valence-electron chi connectivity index (χ0n) is 6.49. The van der Waals surface area contributed by atoms with Crippen molar-refractivity contribution >= 4 is 11.9 Å². The molecule has 0 bridgehead atoms. The predicted octanol–water partition coefficient (Wildman–Crippen LogP) is -0.207. The standard InChI is InChI=1S/C7H10O5/c8-6(9)7(10)12-4-5-2-1-3-11-5/h5H,1-4H2,(H,8,9). The molecular weight excluding hydrogens is 164 g/mol. The largest absolute Gasteiger partial charge is 0.473 e. The second-order valence-electron chi connectivity index (χ2n) is 2.54. The van der Waals surface area contributed by atoms with Gasteiger partial charge in [0.25, 0.3) is 0 Å². The van der Waals surface area contributed by atoms with Crippen molar-refractivity contribution in [1.29, 1.82) is 0 Å². The summed E-state index contributed by atoms with van der Waals surface area (Å²) in [6.45, 7) is 0.709. The van der Waals surface area contributed by atoms with E-state index in [0.29, 0.717) is 6.61 Å². The fourth-order valence-electron chi connectivity index (χ4n) is 1.01. The molecule has 1 heterocycles. The monoisotopic (exact) mass is 174 g/mol. The van der Waals surface area contributed by atoms with Crippen molar-refractivity contribution in [3.63, 3.8) is 0 Å². The molecule has 1 aliphatic heterocycles. The Labute approximate surface area is 69.3 Å². The summed E-state index contributed by atoms with van der Waals surface area (Å²) in [6.07, 6.45) is 1.65. The number of rotatable bonds is 2. The van der Waals surface area contributed by atoms with E-state index >= 15 is 0 Å². The van der Waals surface area contributed by atoms with Crippen LogP contribution < -0.4 is 0 Å². The Bertz CT molecular complexity index is 182. The van der Waals surface area contributed by atoms with Gasteiger partial charge in [-0.1, -0.05) is 0 Å². The second-order valence-corrected chi connectivity index (χ2v) is 2.54. The molecular formula is C7H10O5. The van der Waals surface area contributed by atoms with Crippen molar-refractivity contribution in [3.05, 3.63) is 0 Å². The van der Waals surface area contributed by atoms with Crippen molar-refractivity contribution < 1.29 is 24.2 Å². The highest BCUT2D eigenvalue weighted by molar-refractivity contribution is 6.28. The van der Waals surface area contributed by atoms with Crippen molar-refractivity contribution in [2.75, 3.05) is 13.2 Å². The summed E-state index contributed by atoms with van der Waals surface area (Å²) in [6, 6.07) is 0. The molecule has 1 rings (SSSR count). The summed E-state index contributed by atoms with van der Waals surface area (Å²) in [7, 11) is 0. The Kier molecular flexibility index (Phi) is 3.04. The fourth-order valence-corrected chi connectivity index (χ4v) is 1.01. The number of esters is 1. The van der Waals surface area contributed by atoms with Crippen LogP contribution in [0.1, 0.15) is 12.8 Å². The number of carbonyl (C=O) groups excluding carboxylic acids is 1. The fraction of sp³-hybridized carbons (Fsp3) is 0.714. The molecule has 1 aliphatic rings. The van der Waals surface area contributed by atoms with Gasteiger partial charge in [-0.05, 0) is 12.8 Å². The number of carboxylic acids is 1. The molecule has 1 N–H and O–H groups in total. The lowest BCUT2D eigenvalue weighted by molar-refractivity contribution is -0.165. The Morgan fingerprint density at radius 1 is 1.58 bits per heavy atom. The van der Waals surface area contributed by atoms with Crippen LogP contribution in [0.4, 0.5) is 0 Å². The van der Waals surface area contributed by atoms with E-state index in [1.54, 1.807) is 0 Å². The van der Waals surface area contributed by atoms with Gasteiger partial charge in [0.2, 0.25) is 0 Å². The molecule has 0 aromatic heterocycles. The van der Waals surface area contributed by atoms with Gasteiger partial charge in [0.1, 0.15) is 6.61 Å². The highest BCUT2D eigenvalue weighted by atomic mass is 16.6. The summed E-state index contributed by atoms with van der Waals surface area (Å²) >= 11 is 0. The van der Waals surface area contributed by atoms with E-state index in [9.17, 15) is 9.59 Å². The number of ether oxygens (including phenoxy) is 2. The van der Waals surface area contributed by atoms with E-state index in [0.717, 1.165) is 12.8 Å². The van der Waals surface area contributed by atoms with Crippen molar-refractivity contribution in [3.8, 4) is 0 Å². The van der Waals surface area contributed by atoms with Crippen molar-refractivity contribution in [1.82, 2.24) is 0 Å². The SMILES string of the molecule is O=C(O)C(=O)OCC1CCCO1. The maximum atomic E-state index is 10.4. The van der Waals surface area contributed by atoms with Crippen molar-refractivity contribution in [2.24, 2.45) is 0 Å². The molecule has 0 amide bonds. The lowest BCUT2D eigenvalue weighted by Gasteiger charge is -2.07. The first-order valence-electron chi connectivity index (χ1n) is 3.72. The normalized spacial score (nSPS) is 22.2. The molecule has 12 heavy (non-hydrogen) atoms. The first kappa shape index (κ1) is 8.99. The van der Waals surface area contributed by atoms with Crippen LogP contribution in [0, 0.1) is 0 Å². The van der Waals surface area contributed by atoms with Crippen LogP contribution in [0.15, 0.2) is 0 Å². The van der Waals surface area contributed by atoms with Crippen LogP contribution in [0.5, 0.6) is 0 Å². The van der Waals surface area contributed by atoms with E-state index in [-0.39, 0.29) is 12.7 Å². The molecule has 1 fully saturated rings.